The molecule has 0 unspecified atom stereocenters. The number of aromatic nitrogens is 1. The van der Waals surface area contributed by atoms with Crippen LogP contribution < -0.4 is 16.4 Å². The summed E-state index contributed by atoms with van der Waals surface area (Å²) in [6.07, 6.45) is -0.623. The summed E-state index contributed by atoms with van der Waals surface area (Å²) in [7, 11) is 0. The summed E-state index contributed by atoms with van der Waals surface area (Å²) < 4.78 is 31.7. The van der Waals surface area contributed by atoms with Gasteiger partial charge in [-0.1, -0.05) is 41.7 Å². The first-order valence-corrected chi connectivity index (χ1v) is 10.8. The van der Waals surface area contributed by atoms with E-state index in [0.29, 0.717) is 11.3 Å². The molecule has 0 spiro atoms. The van der Waals surface area contributed by atoms with Gasteiger partial charge in [0.1, 0.15) is 17.3 Å². The summed E-state index contributed by atoms with van der Waals surface area (Å²) in [5, 5.41) is 5.65. The molecular formula is C24H18F2N4O3S. The van der Waals surface area contributed by atoms with Crippen LogP contribution in [0.15, 0.2) is 72.8 Å². The molecule has 1 heterocycles. The Bertz CT molecular complexity index is 1330. The number of anilines is 4. The second-order valence-electron chi connectivity index (χ2n) is 7.08. The molecule has 10 heteroatoms. The van der Waals surface area contributed by atoms with Gasteiger partial charge < -0.3 is 15.8 Å². The van der Waals surface area contributed by atoms with Crippen molar-refractivity contribution in [3.05, 3.63) is 100 Å². The second-order valence-corrected chi connectivity index (χ2v) is 8.08. The number of hydrogen-bond donors (Lipinski definition) is 3. The molecule has 0 aliphatic heterocycles. The Morgan fingerprint density at radius 1 is 0.941 bits per heavy atom. The lowest BCUT2D eigenvalue weighted by molar-refractivity contribution is 0.104. The van der Waals surface area contributed by atoms with Crippen LogP contribution in [-0.2, 0) is 11.3 Å². The molecule has 1 aromatic heterocycles. The zero-order chi connectivity index (χ0) is 24.1. The van der Waals surface area contributed by atoms with Crippen LogP contribution in [0.3, 0.4) is 0 Å². The molecule has 1 amide bonds. The Morgan fingerprint density at radius 3 is 2.35 bits per heavy atom. The first-order valence-electron chi connectivity index (χ1n) is 10.00. The fourth-order valence-corrected chi connectivity index (χ4v) is 3.83. The van der Waals surface area contributed by atoms with E-state index < -0.39 is 17.7 Å². The number of thiazole rings is 1. The average Bonchev–Trinajstić information content (AvgIpc) is 3.20. The Morgan fingerprint density at radius 2 is 1.65 bits per heavy atom. The number of nitrogens with zero attached hydrogens (tertiary/aromatic N) is 1. The molecule has 0 saturated carbocycles. The van der Waals surface area contributed by atoms with Gasteiger partial charge in [-0.15, -0.1) is 0 Å². The quantitative estimate of drug-likeness (QED) is 0.292. The van der Waals surface area contributed by atoms with Gasteiger partial charge in [-0.25, -0.2) is 18.6 Å². The number of ketones is 1. The minimum Gasteiger partial charge on any atom is -0.444 e. The molecule has 0 fully saturated rings. The first kappa shape index (κ1) is 22.9. The fraction of sp³-hybridized carbons (Fsp3) is 0.0417. The second kappa shape index (κ2) is 10.1. The van der Waals surface area contributed by atoms with Gasteiger partial charge in [0, 0.05) is 23.0 Å². The van der Waals surface area contributed by atoms with Gasteiger partial charge in [0.05, 0.1) is 0 Å². The number of carbonyl (C=O) groups is 2. The molecule has 0 aliphatic carbocycles. The highest BCUT2D eigenvalue weighted by Gasteiger charge is 2.18. The molecule has 0 radical (unpaired) electrons. The number of hydrogen-bond acceptors (Lipinski definition) is 7. The van der Waals surface area contributed by atoms with Crippen molar-refractivity contribution >= 4 is 45.5 Å². The van der Waals surface area contributed by atoms with Gasteiger partial charge in [0.25, 0.3) is 0 Å². The molecule has 4 aromatic rings. The van der Waals surface area contributed by atoms with Crippen molar-refractivity contribution in [2.24, 2.45) is 0 Å². The van der Waals surface area contributed by atoms with E-state index in [1.165, 1.54) is 18.2 Å². The van der Waals surface area contributed by atoms with Gasteiger partial charge in [0.15, 0.2) is 16.8 Å². The minimum atomic E-state index is -1.01. The number of nitrogens with one attached hydrogen (secondary N) is 2. The van der Waals surface area contributed by atoms with Crippen LogP contribution in [-0.4, -0.2) is 16.9 Å². The Balaban J connectivity index is 1.38. The fourth-order valence-electron chi connectivity index (χ4n) is 2.96. The Kier molecular flexibility index (Phi) is 6.79. The predicted molar refractivity (Wildman–Crippen MR) is 126 cm³/mol. The number of nitrogen functional groups attached to an aromatic ring is 1. The van der Waals surface area contributed by atoms with Gasteiger partial charge in [-0.05, 0) is 42.0 Å². The lowest BCUT2D eigenvalue weighted by Crippen LogP contribution is -2.13. The van der Waals surface area contributed by atoms with Gasteiger partial charge in [0.2, 0.25) is 5.78 Å². The third-order valence-corrected chi connectivity index (χ3v) is 5.62. The van der Waals surface area contributed by atoms with Crippen molar-refractivity contribution < 1.29 is 23.1 Å². The SMILES string of the molecule is Nc1nc(Nc2ccc(F)c(F)c2)sc1C(=O)c1ccc(NC(=O)OCc2ccccc2)cc1. The smallest absolute Gasteiger partial charge is 0.411 e. The highest BCUT2D eigenvalue weighted by atomic mass is 32.1. The third kappa shape index (κ3) is 5.54. The lowest BCUT2D eigenvalue weighted by Gasteiger charge is -2.07. The van der Waals surface area contributed by atoms with E-state index in [0.717, 1.165) is 29.0 Å². The highest BCUT2D eigenvalue weighted by molar-refractivity contribution is 7.18. The number of rotatable bonds is 7. The third-order valence-electron chi connectivity index (χ3n) is 4.64. The summed E-state index contributed by atoms with van der Waals surface area (Å²) in [4.78, 5) is 29.1. The topological polar surface area (TPSA) is 106 Å². The maximum absolute atomic E-state index is 13.4. The summed E-state index contributed by atoms with van der Waals surface area (Å²) in [6, 6.07) is 18.8. The van der Waals surface area contributed by atoms with E-state index in [-0.39, 0.29) is 33.9 Å². The maximum atomic E-state index is 13.4. The lowest BCUT2D eigenvalue weighted by atomic mass is 10.1. The Labute approximate surface area is 197 Å². The normalized spacial score (nSPS) is 10.5. The van der Waals surface area contributed by atoms with Crippen LogP contribution in [0.4, 0.5) is 35.9 Å². The van der Waals surface area contributed by atoms with E-state index in [1.807, 2.05) is 30.3 Å². The van der Waals surface area contributed by atoms with Crippen LogP contribution in [0, 0.1) is 11.6 Å². The van der Waals surface area contributed by atoms with E-state index in [2.05, 4.69) is 15.6 Å². The molecule has 172 valence electrons. The summed E-state index contributed by atoms with van der Waals surface area (Å²) in [5.74, 6) is -2.34. The predicted octanol–water partition coefficient (Wildman–Crippen LogP) is 5.73. The number of amides is 1. The summed E-state index contributed by atoms with van der Waals surface area (Å²) in [6.45, 7) is 0.134. The van der Waals surface area contributed by atoms with Crippen LogP contribution in [0.5, 0.6) is 0 Å². The first-order chi connectivity index (χ1) is 16.4. The van der Waals surface area contributed by atoms with Crippen molar-refractivity contribution in [2.75, 3.05) is 16.4 Å². The number of ether oxygens (including phenoxy) is 1. The average molecular weight is 480 g/mol. The van der Waals surface area contributed by atoms with Crippen LogP contribution >= 0.6 is 11.3 Å². The molecule has 3 aromatic carbocycles. The van der Waals surface area contributed by atoms with Crippen LogP contribution in [0.1, 0.15) is 20.8 Å². The zero-order valence-electron chi connectivity index (χ0n) is 17.5. The van der Waals surface area contributed by atoms with Crippen molar-refractivity contribution in [2.45, 2.75) is 6.61 Å². The zero-order valence-corrected chi connectivity index (χ0v) is 18.4. The van der Waals surface area contributed by atoms with E-state index in [4.69, 9.17) is 10.5 Å². The molecule has 0 saturated heterocycles. The molecule has 34 heavy (non-hydrogen) atoms. The minimum absolute atomic E-state index is 0.00627. The van der Waals surface area contributed by atoms with E-state index in [9.17, 15) is 18.4 Å². The number of carbonyl (C=O) groups excluding carboxylic acids is 2. The van der Waals surface area contributed by atoms with Gasteiger partial charge in [-0.3, -0.25) is 10.1 Å². The number of benzene rings is 3. The largest absolute Gasteiger partial charge is 0.444 e. The standard InChI is InChI=1S/C24H18F2N4O3S/c25-18-11-10-17(12-19(18)26)28-23-30-22(27)21(34-23)20(31)15-6-8-16(9-7-15)29-24(32)33-13-14-4-2-1-3-5-14/h1-12H,13,27H2,(H,28,30)(H,29,32). The van der Waals surface area contributed by atoms with Crippen molar-refractivity contribution in [1.29, 1.82) is 0 Å². The van der Waals surface area contributed by atoms with Gasteiger partial charge in [-0.2, -0.15) is 0 Å². The molecule has 0 atom stereocenters. The molecule has 4 rings (SSSR count). The summed E-state index contributed by atoms with van der Waals surface area (Å²) in [5.41, 5.74) is 7.80. The number of halogens is 2. The van der Waals surface area contributed by atoms with E-state index in [1.54, 1.807) is 12.1 Å². The highest BCUT2D eigenvalue weighted by Crippen LogP contribution is 2.30. The van der Waals surface area contributed by atoms with Crippen molar-refractivity contribution in [3.63, 3.8) is 0 Å². The molecule has 4 N–H and O–H groups in total. The molecule has 0 bridgehead atoms. The van der Waals surface area contributed by atoms with Crippen molar-refractivity contribution in [1.82, 2.24) is 4.98 Å². The van der Waals surface area contributed by atoms with Gasteiger partial charge >= 0.3 is 6.09 Å². The number of nitrogens with two attached hydrogens (primary N) is 1. The van der Waals surface area contributed by atoms with Crippen LogP contribution in [0.2, 0.25) is 0 Å². The Hall–Kier alpha value is -4.31. The van der Waals surface area contributed by atoms with Crippen molar-refractivity contribution in [3.8, 4) is 0 Å². The molecule has 7 nitrogen and oxygen atoms in total. The summed E-state index contributed by atoms with van der Waals surface area (Å²) >= 11 is 0.984. The molecular weight excluding hydrogens is 462 g/mol. The van der Waals surface area contributed by atoms with Crippen LogP contribution in [0.25, 0.3) is 0 Å². The molecule has 0 aliphatic rings. The maximum Gasteiger partial charge on any atom is 0.411 e. The monoisotopic (exact) mass is 480 g/mol. The van der Waals surface area contributed by atoms with E-state index >= 15 is 0 Å².